The Labute approximate surface area is 153 Å². The predicted octanol–water partition coefficient (Wildman–Crippen LogP) is 2.94. The summed E-state index contributed by atoms with van der Waals surface area (Å²) >= 11 is 0. The molecule has 0 aliphatic rings. The van der Waals surface area contributed by atoms with Crippen molar-refractivity contribution in [1.29, 1.82) is 0 Å². The molecule has 6 heteroatoms. The zero-order chi connectivity index (χ0) is 19.0. The topological polar surface area (TPSA) is 96.7 Å². The number of aromatic amines is 1. The van der Waals surface area contributed by atoms with Gasteiger partial charge in [0.2, 0.25) is 11.9 Å². The van der Waals surface area contributed by atoms with Crippen LogP contribution in [0.15, 0.2) is 12.1 Å². The molecule has 0 fully saturated rings. The maximum Gasteiger partial charge on any atom is 0.224 e. The number of aryl methyl sites for hydroxylation is 5. The van der Waals surface area contributed by atoms with E-state index < -0.39 is 0 Å². The lowest BCUT2D eigenvalue weighted by atomic mass is 10.0. The summed E-state index contributed by atoms with van der Waals surface area (Å²) in [6.07, 6.45) is 0.246. The number of nitrogens with one attached hydrogen (secondary N) is 2. The van der Waals surface area contributed by atoms with E-state index in [2.05, 4.69) is 53.2 Å². The van der Waals surface area contributed by atoms with Crippen molar-refractivity contribution in [1.82, 2.24) is 20.3 Å². The van der Waals surface area contributed by atoms with E-state index in [1.165, 1.54) is 16.5 Å². The number of fused-ring (bicyclic) bond motifs is 1. The normalized spacial score (nSPS) is 11.1. The highest BCUT2D eigenvalue weighted by Crippen LogP contribution is 2.26. The van der Waals surface area contributed by atoms with Gasteiger partial charge in [-0.1, -0.05) is 11.6 Å². The SMILES string of the molecule is Cc1cc(CNC(=O)Cc2c(C)nc(N)nc2C)c2[nH]c(C)c(C)c2c1. The van der Waals surface area contributed by atoms with Crippen LogP contribution in [-0.4, -0.2) is 20.9 Å². The highest BCUT2D eigenvalue weighted by atomic mass is 16.1. The van der Waals surface area contributed by atoms with Crippen LogP contribution in [0.4, 0.5) is 5.95 Å². The second kappa shape index (κ2) is 6.78. The molecule has 136 valence electrons. The molecule has 1 amide bonds. The van der Waals surface area contributed by atoms with Crippen LogP contribution in [-0.2, 0) is 17.8 Å². The van der Waals surface area contributed by atoms with Gasteiger partial charge in [-0.3, -0.25) is 4.79 Å². The lowest BCUT2D eigenvalue weighted by Crippen LogP contribution is -2.26. The number of aromatic nitrogens is 3. The second-order valence-corrected chi connectivity index (χ2v) is 6.91. The maximum atomic E-state index is 12.5. The minimum atomic E-state index is -0.0563. The number of anilines is 1. The summed E-state index contributed by atoms with van der Waals surface area (Å²) in [5.74, 6) is 0.183. The number of carbonyl (C=O) groups is 1. The van der Waals surface area contributed by atoms with Gasteiger partial charge in [0.05, 0.1) is 11.9 Å². The number of amides is 1. The molecule has 0 atom stereocenters. The first-order chi connectivity index (χ1) is 12.3. The molecule has 2 aromatic heterocycles. The van der Waals surface area contributed by atoms with Gasteiger partial charge < -0.3 is 16.0 Å². The number of nitrogen functional groups attached to an aromatic ring is 1. The first-order valence-electron chi connectivity index (χ1n) is 8.71. The summed E-state index contributed by atoms with van der Waals surface area (Å²) in [7, 11) is 0. The summed E-state index contributed by atoms with van der Waals surface area (Å²) in [6.45, 7) is 10.4. The van der Waals surface area contributed by atoms with E-state index in [9.17, 15) is 4.79 Å². The Morgan fingerprint density at radius 3 is 2.42 bits per heavy atom. The number of rotatable bonds is 4. The fraction of sp³-hybridized carbons (Fsp3) is 0.350. The summed E-state index contributed by atoms with van der Waals surface area (Å²) in [5, 5.41) is 4.23. The minimum absolute atomic E-state index is 0.0563. The fourth-order valence-electron chi connectivity index (χ4n) is 3.37. The standard InChI is InChI=1S/C20H25N5O/c1-10-6-15(19-16(7-10)11(2)12(3)23-19)9-22-18(26)8-17-13(4)24-20(21)25-14(17)5/h6-7,23H,8-9H2,1-5H3,(H,22,26)(H2,21,24,25). The van der Waals surface area contributed by atoms with Crippen LogP contribution in [0.25, 0.3) is 10.9 Å². The Morgan fingerprint density at radius 2 is 1.77 bits per heavy atom. The first-order valence-corrected chi connectivity index (χ1v) is 8.71. The van der Waals surface area contributed by atoms with Crippen LogP contribution < -0.4 is 11.1 Å². The van der Waals surface area contributed by atoms with E-state index in [1.807, 2.05) is 13.8 Å². The van der Waals surface area contributed by atoms with Crippen molar-refractivity contribution in [2.75, 3.05) is 5.73 Å². The van der Waals surface area contributed by atoms with Crippen molar-refractivity contribution < 1.29 is 4.79 Å². The van der Waals surface area contributed by atoms with Crippen molar-refractivity contribution in [2.45, 2.75) is 47.6 Å². The molecule has 3 aromatic rings. The van der Waals surface area contributed by atoms with Crippen molar-refractivity contribution in [3.8, 4) is 0 Å². The molecule has 26 heavy (non-hydrogen) atoms. The Hall–Kier alpha value is -2.89. The quantitative estimate of drug-likeness (QED) is 0.673. The molecule has 0 saturated heterocycles. The van der Waals surface area contributed by atoms with Gasteiger partial charge in [-0.15, -0.1) is 0 Å². The van der Waals surface area contributed by atoms with E-state index in [-0.39, 0.29) is 18.3 Å². The molecule has 0 spiro atoms. The average molecular weight is 351 g/mol. The van der Waals surface area contributed by atoms with Gasteiger partial charge in [-0.2, -0.15) is 0 Å². The van der Waals surface area contributed by atoms with Gasteiger partial charge in [0.1, 0.15) is 0 Å². The molecule has 0 radical (unpaired) electrons. The van der Waals surface area contributed by atoms with Gasteiger partial charge in [0.15, 0.2) is 0 Å². The number of hydrogen-bond acceptors (Lipinski definition) is 4. The Kier molecular flexibility index (Phi) is 4.68. The van der Waals surface area contributed by atoms with Crippen LogP contribution in [0.3, 0.4) is 0 Å². The number of benzene rings is 1. The molecule has 0 unspecified atom stereocenters. The number of nitrogens with zero attached hydrogens (tertiary/aromatic N) is 2. The average Bonchev–Trinajstić information content (AvgIpc) is 2.84. The summed E-state index contributed by atoms with van der Waals surface area (Å²) < 4.78 is 0. The lowest BCUT2D eigenvalue weighted by molar-refractivity contribution is -0.120. The van der Waals surface area contributed by atoms with Crippen molar-refractivity contribution in [3.63, 3.8) is 0 Å². The molecule has 0 aliphatic carbocycles. The third kappa shape index (κ3) is 3.40. The van der Waals surface area contributed by atoms with Crippen LogP contribution in [0, 0.1) is 34.6 Å². The zero-order valence-electron chi connectivity index (χ0n) is 15.9. The minimum Gasteiger partial charge on any atom is -0.368 e. The number of nitrogens with two attached hydrogens (primary N) is 1. The van der Waals surface area contributed by atoms with E-state index in [1.54, 1.807) is 0 Å². The maximum absolute atomic E-state index is 12.5. The molecule has 6 nitrogen and oxygen atoms in total. The number of hydrogen-bond donors (Lipinski definition) is 3. The lowest BCUT2D eigenvalue weighted by Gasteiger charge is -2.11. The molecule has 0 saturated carbocycles. The molecule has 1 aromatic carbocycles. The van der Waals surface area contributed by atoms with Crippen LogP contribution in [0.2, 0.25) is 0 Å². The Balaban J connectivity index is 1.78. The van der Waals surface area contributed by atoms with Gasteiger partial charge in [0, 0.05) is 34.6 Å². The van der Waals surface area contributed by atoms with Crippen LogP contribution >= 0.6 is 0 Å². The summed E-state index contributed by atoms with van der Waals surface area (Å²) in [4.78, 5) is 24.2. The molecule has 3 rings (SSSR count). The van der Waals surface area contributed by atoms with E-state index in [0.29, 0.717) is 6.54 Å². The second-order valence-electron chi connectivity index (χ2n) is 6.91. The number of H-pyrrole nitrogens is 1. The summed E-state index contributed by atoms with van der Waals surface area (Å²) in [5.41, 5.74) is 13.7. The smallest absolute Gasteiger partial charge is 0.224 e. The van der Waals surface area contributed by atoms with Gasteiger partial charge >= 0.3 is 0 Å². The molecular weight excluding hydrogens is 326 g/mol. The van der Waals surface area contributed by atoms with Gasteiger partial charge in [-0.25, -0.2) is 9.97 Å². The van der Waals surface area contributed by atoms with E-state index in [0.717, 1.165) is 33.7 Å². The van der Waals surface area contributed by atoms with Crippen LogP contribution in [0.5, 0.6) is 0 Å². The first kappa shape index (κ1) is 17.9. The molecular formula is C20H25N5O. The molecule has 0 aliphatic heterocycles. The third-order valence-corrected chi connectivity index (χ3v) is 4.89. The number of carbonyl (C=O) groups excluding carboxylic acids is 1. The van der Waals surface area contributed by atoms with Crippen molar-refractivity contribution in [2.24, 2.45) is 0 Å². The van der Waals surface area contributed by atoms with Gasteiger partial charge in [-0.05, 0) is 51.8 Å². The highest BCUT2D eigenvalue weighted by Gasteiger charge is 2.14. The fourth-order valence-corrected chi connectivity index (χ4v) is 3.37. The molecule has 4 N–H and O–H groups in total. The third-order valence-electron chi connectivity index (χ3n) is 4.89. The zero-order valence-corrected chi connectivity index (χ0v) is 15.9. The van der Waals surface area contributed by atoms with Crippen LogP contribution in [0.1, 0.15) is 39.3 Å². The summed E-state index contributed by atoms with van der Waals surface area (Å²) in [6, 6.07) is 4.29. The predicted molar refractivity (Wildman–Crippen MR) is 104 cm³/mol. The Bertz CT molecular complexity index is 980. The van der Waals surface area contributed by atoms with E-state index in [4.69, 9.17) is 5.73 Å². The largest absolute Gasteiger partial charge is 0.368 e. The van der Waals surface area contributed by atoms with E-state index >= 15 is 0 Å². The van der Waals surface area contributed by atoms with Crippen molar-refractivity contribution in [3.05, 3.63) is 51.5 Å². The molecule has 2 heterocycles. The Morgan fingerprint density at radius 1 is 1.12 bits per heavy atom. The van der Waals surface area contributed by atoms with Gasteiger partial charge in [0.25, 0.3) is 0 Å². The van der Waals surface area contributed by atoms with Crippen molar-refractivity contribution >= 4 is 22.8 Å². The highest BCUT2D eigenvalue weighted by molar-refractivity contribution is 5.88. The molecule has 0 bridgehead atoms. The monoisotopic (exact) mass is 351 g/mol.